The van der Waals surface area contributed by atoms with Gasteiger partial charge in [-0.25, -0.2) is 0 Å². The molecule has 0 spiro atoms. The molecular formula is C10H8BrNO2S. The zero-order valence-electron chi connectivity index (χ0n) is 7.70. The van der Waals surface area contributed by atoms with Crippen LogP contribution in [0.3, 0.4) is 0 Å². The van der Waals surface area contributed by atoms with Crippen LogP contribution in [-0.4, -0.2) is 5.91 Å². The third-order valence-electron chi connectivity index (χ3n) is 1.83. The smallest absolute Gasteiger partial charge is 0.254 e. The Hall–Kier alpha value is -1.07. The van der Waals surface area contributed by atoms with Crippen LogP contribution < -0.4 is 5.32 Å². The summed E-state index contributed by atoms with van der Waals surface area (Å²) in [6.07, 6.45) is 1.42. The molecule has 0 bridgehead atoms. The lowest BCUT2D eigenvalue weighted by molar-refractivity contribution is 0.0950. The number of furan rings is 1. The fourth-order valence-corrected chi connectivity index (χ4v) is 2.10. The average Bonchev–Trinajstić information content (AvgIpc) is 2.84. The van der Waals surface area contributed by atoms with E-state index in [1.165, 1.54) is 6.26 Å². The molecule has 3 nitrogen and oxygen atoms in total. The summed E-state index contributed by atoms with van der Waals surface area (Å²) in [7, 11) is 0. The molecule has 0 aliphatic heterocycles. The predicted molar refractivity (Wildman–Crippen MR) is 61.9 cm³/mol. The van der Waals surface area contributed by atoms with Gasteiger partial charge in [0.05, 0.1) is 12.1 Å². The van der Waals surface area contributed by atoms with Crippen LogP contribution in [0.25, 0.3) is 0 Å². The van der Waals surface area contributed by atoms with Gasteiger partial charge in [-0.3, -0.25) is 4.79 Å². The molecule has 2 aromatic rings. The Morgan fingerprint density at radius 2 is 2.47 bits per heavy atom. The van der Waals surface area contributed by atoms with Crippen molar-refractivity contribution < 1.29 is 9.21 Å². The number of amides is 1. The third-order valence-corrected chi connectivity index (χ3v) is 3.13. The molecule has 5 heteroatoms. The summed E-state index contributed by atoms with van der Waals surface area (Å²) < 4.78 is 5.54. The Bertz CT molecular complexity index is 450. The van der Waals surface area contributed by atoms with Crippen molar-refractivity contribution >= 4 is 33.2 Å². The Labute approximate surface area is 99.2 Å². The van der Waals surface area contributed by atoms with Crippen LogP contribution in [0.5, 0.6) is 0 Å². The van der Waals surface area contributed by atoms with E-state index in [1.807, 2.05) is 17.5 Å². The SMILES string of the molecule is O=C(NCc1cccs1)c1coc(Br)c1. The molecule has 0 saturated carbocycles. The summed E-state index contributed by atoms with van der Waals surface area (Å²) in [5.41, 5.74) is 0.526. The van der Waals surface area contributed by atoms with Gasteiger partial charge in [0.15, 0.2) is 4.67 Å². The van der Waals surface area contributed by atoms with Crippen LogP contribution >= 0.6 is 27.3 Å². The van der Waals surface area contributed by atoms with E-state index in [4.69, 9.17) is 4.42 Å². The van der Waals surface area contributed by atoms with E-state index in [9.17, 15) is 4.79 Å². The lowest BCUT2D eigenvalue weighted by atomic mass is 10.3. The van der Waals surface area contributed by atoms with E-state index in [0.717, 1.165) is 4.88 Å². The van der Waals surface area contributed by atoms with Crippen molar-refractivity contribution in [1.82, 2.24) is 5.32 Å². The first-order chi connectivity index (χ1) is 7.25. The maximum Gasteiger partial charge on any atom is 0.254 e. The molecule has 2 rings (SSSR count). The molecule has 0 radical (unpaired) electrons. The van der Waals surface area contributed by atoms with Crippen molar-refractivity contribution in [3.63, 3.8) is 0 Å². The first kappa shape index (κ1) is 10.4. The molecule has 0 saturated heterocycles. The van der Waals surface area contributed by atoms with Gasteiger partial charge < -0.3 is 9.73 Å². The number of halogens is 1. The standard InChI is InChI=1S/C10H8BrNO2S/c11-9-4-7(6-14-9)10(13)12-5-8-2-1-3-15-8/h1-4,6H,5H2,(H,12,13). The average molecular weight is 286 g/mol. The maximum absolute atomic E-state index is 11.6. The number of hydrogen-bond acceptors (Lipinski definition) is 3. The zero-order valence-corrected chi connectivity index (χ0v) is 10.1. The summed E-state index contributed by atoms with van der Waals surface area (Å²) in [6.45, 7) is 0.555. The Morgan fingerprint density at radius 1 is 1.60 bits per heavy atom. The number of rotatable bonds is 3. The van der Waals surface area contributed by atoms with Gasteiger partial charge in [-0.1, -0.05) is 6.07 Å². The van der Waals surface area contributed by atoms with Crippen molar-refractivity contribution in [1.29, 1.82) is 0 Å². The van der Waals surface area contributed by atoms with E-state index in [2.05, 4.69) is 21.2 Å². The molecular weight excluding hydrogens is 278 g/mol. The molecule has 0 aliphatic carbocycles. The van der Waals surface area contributed by atoms with Gasteiger partial charge >= 0.3 is 0 Å². The van der Waals surface area contributed by atoms with Crippen LogP contribution in [0.1, 0.15) is 15.2 Å². The van der Waals surface area contributed by atoms with Crippen LogP contribution in [0.2, 0.25) is 0 Å². The number of carbonyl (C=O) groups is 1. The number of thiophene rings is 1. The zero-order chi connectivity index (χ0) is 10.7. The van der Waals surface area contributed by atoms with Crippen LogP contribution in [-0.2, 0) is 6.54 Å². The molecule has 1 amide bonds. The van der Waals surface area contributed by atoms with E-state index in [1.54, 1.807) is 17.4 Å². The topological polar surface area (TPSA) is 42.2 Å². The first-order valence-electron chi connectivity index (χ1n) is 4.30. The van der Waals surface area contributed by atoms with Gasteiger partial charge in [-0.05, 0) is 27.4 Å². The van der Waals surface area contributed by atoms with Crippen molar-refractivity contribution in [3.05, 3.63) is 45.0 Å². The number of carbonyl (C=O) groups excluding carboxylic acids is 1. The van der Waals surface area contributed by atoms with Crippen LogP contribution in [0.4, 0.5) is 0 Å². The summed E-state index contributed by atoms with van der Waals surface area (Å²) >= 11 is 4.76. The molecule has 0 unspecified atom stereocenters. The molecule has 0 fully saturated rings. The molecule has 78 valence electrons. The van der Waals surface area contributed by atoms with Gasteiger partial charge in [0, 0.05) is 10.9 Å². The van der Waals surface area contributed by atoms with Gasteiger partial charge in [0.2, 0.25) is 0 Å². The highest BCUT2D eigenvalue weighted by molar-refractivity contribution is 9.10. The molecule has 2 aromatic heterocycles. The number of hydrogen-bond donors (Lipinski definition) is 1. The number of nitrogens with one attached hydrogen (secondary N) is 1. The predicted octanol–water partition coefficient (Wildman–Crippen LogP) is 3.03. The highest BCUT2D eigenvalue weighted by atomic mass is 79.9. The highest BCUT2D eigenvalue weighted by Crippen LogP contribution is 2.14. The molecule has 0 atom stereocenters. The second kappa shape index (κ2) is 4.63. The first-order valence-corrected chi connectivity index (χ1v) is 5.97. The van der Waals surface area contributed by atoms with Crippen LogP contribution in [0.15, 0.2) is 38.9 Å². The Kier molecular flexibility index (Phi) is 3.23. The van der Waals surface area contributed by atoms with Crippen LogP contribution in [0, 0.1) is 0 Å². The molecule has 0 aliphatic rings. The van der Waals surface area contributed by atoms with Crippen molar-refractivity contribution in [3.8, 4) is 0 Å². The second-order valence-corrected chi connectivity index (χ2v) is 4.72. The fraction of sp³-hybridized carbons (Fsp3) is 0.100. The van der Waals surface area contributed by atoms with E-state index >= 15 is 0 Å². The maximum atomic E-state index is 11.6. The summed E-state index contributed by atoms with van der Waals surface area (Å²) in [4.78, 5) is 12.7. The second-order valence-electron chi connectivity index (χ2n) is 2.90. The molecule has 15 heavy (non-hydrogen) atoms. The van der Waals surface area contributed by atoms with Gasteiger partial charge in [-0.2, -0.15) is 0 Å². The lowest BCUT2D eigenvalue weighted by Gasteiger charge is -1.99. The van der Waals surface area contributed by atoms with Crippen molar-refractivity contribution in [2.45, 2.75) is 6.54 Å². The largest absolute Gasteiger partial charge is 0.457 e. The monoisotopic (exact) mass is 285 g/mol. The Morgan fingerprint density at radius 3 is 3.07 bits per heavy atom. The van der Waals surface area contributed by atoms with Gasteiger partial charge in [0.25, 0.3) is 5.91 Å². The summed E-state index contributed by atoms with van der Waals surface area (Å²) in [6, 6.07) is 5.58. The molecule has 1 N–H and O–H groups in total. The molecule has 0 aromatic carbocycles. The Balaban J connectivity index is 1.93. The quantitative estimate of drug-likeness (QED) is 0.942. The van der Waals surface area contributed by atoms with E-state index in [-0.39, 0.29) is 5.91 Å². The summed E-state index contributed by atoms with van der Waals surface area (Å²) in [5, 5.41) is 4.79. The fourth-order valence-electron chi connectivity index (χ4n) is 1.11. The minimum absolute atomic E-state index is 0.127. The summed E-state index contributed by atoms with van der Waals surface area (Å²) in [5.74, 6) is -0.127. The van der Waals surface area contributed by atoms with Gasteiger partial charge in [-0.15, -0.1) is 11.3 Å². The van der Waals surface area contributed by atoms with E-state index in [0.29, 0.717) is 16.8 Å². The minimum Gasteiger partial charge on any atom is -0.457 e. The normalized spacial score (nSPS) is 10.2. The highest BCUT2D eigenvalue weighted by Gasteiger charge is 2.08. The van der Waals surface area contributed by atoms with Gasteiger partial charge in [0.1, 0.15) is 6.26 Å². The van der Waals surface area contributed by atoms with E-state index < -0.39 is 0 Å². The van der Waals surface area contributed by atoms with Crippen molar-refractivity contribution in [2.75, 3.05) is 0 Å². The molecule has 2 heterocycles. The third kappa shape index (κ3) is 2.70. The minimum atomic E-state index is -0.127. The van der Waals surface area contributed by atoms with Crippen molar-refractivity contribution in [2.24, 2.45) is 0 Å². The lowest BCUT2D eigenvalue weighted by Crippen LogP contribution is -2.21.